The summed E-state index contributed by atoms with van der Waals surface area (Å²) < 4.78 is 2.03. The molecule has 7 heteroatoms. The van der Waals surface area contributed by atoms with Crippen molar-refractivity contribution in [1.29, 1.82) is 0 Å². The maximum atomic E-state index is 6.44. The quantitative estimate of drug-likeness (QED) is 0.731. The molecule has 3 heterocycles. The van der Waals surface area contributed by atoms with Crippen molar-refractivity contribution in [2.75, 3.05) is 18.0 Å². The van der Waals surface area contributed by atoms with Crippen LogP contribution in [0.15, 0.2) is 46.6 Å². The van der Waals surface area contributed by atoms with E-state index in [1.807, 2.05) is 10.6 Å². The topological polar surface area (TPSA) is 72.3 Å². The van der Waals surface area contributed by atoms with Crippen molar-refractivity contribution >= 4 is 23.4 Å². The molecule has 6 nitrogen and oxygen atoms in total. The number of benzene rings is 1. The van der Waals surface area contributed by atoms with E-state index in [4.69, 9.17) is 10.7 Å². The van der Waals surface area contributed by atoms with Crippen molar-refractivity contribution in [3.8, 4) is 0 Å². The van der Waals surface area contributed by atoms with Crippen LogP contribution in [0.3, 0.4) is 0 Å². The standard InChI is InChI=1S/C21H26N6S/c1-15-4-6-16(7-5-15)28-17-13-23-20(27-14-24-25-19(17)27)26-11-9-21(10-12-26)8-2-3-18(21)22/h4-7,13-14,18H,2-3,8-12,22H2,1H3/t18-/m1/s1. The third kappa shape index (κ3) is 3.06. The number of fused-ring (bicyclic) bond motifs is 1. The molecule has 1 aliphatic heterocycles. The number of aryl methyl sites for hydroxylation is 1. The zero-order chi connectivity index (χ0) is 19.1. The Labute approximate surface area is 169 Å². The Kier molecular flexibility index (Phi) is 4.51. The average molecular weight is 395 g/mol. The van der Waals surface area contributed by atoms with Gasteiger partial charge in [0, 0.05) is 30.2 Å². The molecule has 5 rings (SSSR count). The zero-order valence-corrected chi connectivity index (χ0v) is 17.0. The van der Waals surface area contributed by atoms with Gasteiger partial charge in [-0.2, -0.15) is 0 Å². The second-order valence-corrected chi connectivity index (χ2v) is 9.33. The Bertz CT molecular complexity index is 974. The molecule has 2 N–H and O–H groups in total. The highest BCUT2D eigenvalue weighted by molar-refractivity contribution is 7.99. The maximum Gasteiger partial charge on any atom is 0.212 e. The summed E-state index contributed by atoms with van der Waals surface area (Å²) in [5, 5.41) is 8.55. The lowest BCUT2D eigenvalue weighted by molar-refractivity contribution is 0.197. The average Bonchev–Trinajstić information content (AvgIpc) is 3.33. The number of rotatable bonds is 3. The van der Waals surface area contributed by atoms with Crippen LogP contribution in [0.4, 0.5) is 5.95 Å². The molecule has 28 heavy (non-hydrogen) atoms. The Balaban J connectivity index is 1.40. The van der Waals surface area contributed by atoms with Crippen molar-refractivity contribution in [2.24, 2.45) is 11.1 Å². The highest BCUT2D eigenvalue weighted by Gasteiger charge is 2.43. The lowest BCUT2D eigenvalue weighted by Crippen LogP contribution is -2.47. The monoisotopic (exact) mass is 394 g/mol. The summed E-state index contributed by atoms with van der Waals surface area (Å²) in [6, 6.07) is 8.89. The summed E-state index contributed by atoms with van der Waals surface area (Å²) >= 11 is 1.68. The van der Waals surface area contributed by atoms with Crippen LogP contribution in [-0.2, 0) is 0 Å². The number of nitrogens with two attached hydrogens (primary N) is 1. The van der Waals surface area contributed by atoms with Gasteiger partial charge in [-0.15, -0.1) is 10.2 Å². The summed E-state index contributed by atoms with van der Waals surface area (Å²) in [4.78, 5) is 9.38. The first-order chi connectivity index (χ1) is 13.6. The van der Waals surface area contributed by atoms with Gasteiger partial charge in [-0.05, 0) is 50.2 Å². The van der Waals surface area contributed by atoms with Gasteiger partial charge in [0.2, 0.25) is 5.95 Å². The molecule has 1 saturated carbocycles. The van der Waals surface area contributed by atoms with Crippen molar-refractivity contribution in [3.63, 3.8) is 0 Å². The van der Waals surface area contributed by atoms with Crippen LogP contribution < -0.4 is 10.6 Å². The SMILES string of the molecule is Cc1ccc(Sc2cnc(N3CCC4(CCC[C@H]4N)CC3)n3cnnc23)cc1. The summed E-state index contributed by atoms with van der Waals surface area (Å²) in [5.74, 6) is 0.940. The van der Waals surface area contributed by atoms with Crippen LogP contribution in [-0.4, -0.2) is 38.7 Å². The predicted molar refractivity (Wildman–Crippen MR) is 112 cm³/mol. The van der Waals surface area contributed by atoms with E-state index in [2.05, 4.69) is 46.3 Å². The van der Waals surface area contributed by atoms with Gasteiger partial charge < -0.3 is 10.6 Å². The van der Waals surface area contributed by atoms with E-state index in [0.29, 0.717) is 11.5 Å². The van der Waals surface area contributed by atoms with Crippen LogP contribution >= 0.6 is 11.8 Å². The second-order valence-electron chi connectivity index (χ2n) is 8.21. The number of anilines is 1. The molecule has 146 valence electrons. The van der Waals surface area contributed by atoms with E-state index in [1.165, 1.54) is 29.7 Å². The minimum Gasteiger partial charge on any atom is -0.342 e. The summed E-state index contributed by atoms with van der Waals surface area (Å²) in [6.07, 6.45) is 9.76. The molecule has 0 radical (unpaired) electrons. The third-order valence-corrected chi connectivity index (χ3v) is 7.56. The number of hydrogen-bond donors (Lipinski definition) is 1. The summed E-state index contributed by atoms with van der Waals surface area (Å²) in [6.45, 7) is 4.10. The predicted octanol–water partition coefficient (Wildman–Crippen LogP) is 3.68. The Morgan fingerprint density at radius 1 is 1.14 bits per heavy atom. The molecule has 1 atom stereocenters. The van der Waals surface area contributed by atoms with Gasteiger partial charge in [0.05, 0.1) is 4.90 Å². The van der Waals surface area contributed by atoms with Crippen molar-refractivity contribution < 1.29 is 0 Å². The molecular weight excluding hydrogens is 368 g/mol. The van der Waals surface area contributed by atoms with E-state index < -0.39 is 0 Å². The van der Waals surface area contributed by atoms with Gasteiger partial charge in [-0.1, -0.05) is 35.9 Å². The molecule has 2 fully saturated rings. The molecule has 0 bridgehead atoms. The van der Waals surface area contributed by atoms with Gasteiger partial charge in [-0.3, -0.25) is 0 Å². The molecule has 1 saturated heterocycles. The fraction of sp³-hybridized carbons (Fsp3) is 0.476. The van der Waals surface area contributed by atoms with Crippen LogP contribution in [0.5, 0.6) is 0 Å². The fourth-order valence-electron chi connectivity index (χ4n) is 4.76. The van der Waals surface area contributed by atoms with E-state index in [-0.39, 0.29) is 0 Å². The third-order valence-electron chi connectivity index (χ3n) is 6.55. The Morgan fingerprint density at radius 2 is 1.93 bits per heavy atom. The number of aromatic nitrogens is 4. The number of piperidine rings is 1. The molecule has 1 spiro atoms. The minimum atomic E-state index is 0.351. The molecule has 0 unspecified atom stereocenters. The molecule has 3 aromatic rings. The first kappa shape index (κ1) is 17.9. The molecule has 2 aliphatic rings. The maximum absolute atomic E-state index is 6.44. The number of nitrogens with zero attached hydrogens (tertiary/aromatic N) is 5. The molecule has 2 aromatic heterocycles. The lowest BCUT2D eigenvalue weighted by Gasteiger charge is -2.42. The first-order valence-corrected chi connectivity index (χ1v) is 10.9. The van der Waals surface area contributed by atoms with Gasteiger partial charge >= 0.3 is 0 Å². The van der Waals surface area contributed by atoms with Crippen molar-refractivity contribution in [3.05, 3.63) is 42.4 Å². The normalized spacial score (nSPS) is 21.6. The molecule has 0 amide bonds. The van der Waals surface area contributed by atoms with Gasteiger partial charge in [0.25, 0.3) is 0 Å². The molecule has 1 aliphatic carbocycles. The van der Waals surface area contributed by atoms with Crippen LogP contribution in [0, 0.1) is 12.3 Å². The molecular formula is C21H26N6S. The number of hydrogen-bond acceptors (Lipinski definition) is 6. The van der Waals surface area contributed by atoms with E-state index in [1.54, 1.807) is 18.1 Å². The fourth-order valence-corrected chi connectivity index (χ4v) is 5.63. The van der Waals surface area contributed by atoms with Gasteiger partial charge in [0.1, 0.15) is 6.33 Å². The van der Waals surface area contributed by atoms with Crippen LogP contribution in [0.1, 0.15) is 37.7 Å². The highest BCUT2D eigenvalue weighted by atomic mass is 32.2. The minimum absolute atomic E-state index is 0.351. The van der Waals surface area contributed by atoms with E-state index in [0.717, 1.165) is 42.4 Å². The smallest absolute Gasteiger partial charge is 0.212 e. The van der Waals surface area contributed by atoms with Gasteiger partial charge in [0.15, 0.2) is 5.65 Å². The second kappa shape index (κ2) is 7.04. The van der Waals surface area contributed by atoms with E-state index >= 15 is 0 Å². The lowest BCUT2D eigenvalue weighted by atomic mass is 9.74. The summed E-state index contributed by atoms with van der Waals surface area (Å²) in [7, 11) is 0. The van der Waals surface area contributed by atoms with Crippen LogP contribution in [0.2, 0.25) is 0 Å². The highest BCUT2D eigenvalue weighted by Crippen LogP contribution is 2.46. The van der Waals surface area contributed by atoms with Crippen molar-refractivity contribution in [1.82, 2.24) is 19.6 Å². The largest absolute Gasteiger partial charge is 0.342 e. The van der Waals surface area contributed by atoms with Crippen molar-refractivity contribution in [2.45, 2.75) is 54.9 Å². The Morgan fingerprint density at radius 3 is 2.64 bits per heavy atom. The molecule has 1 aromatic carbocycles. The Hall–Kier alpha value is -2.12. The van der Waals surface area contributed by atoms with Crippen LogP contribution in [0.25, 0.3) is 5.65 Å². The zero-order valence-electron chi connectivity index (χ0n) is 16.2. The van der Waals surface area contributed by atoms with Gasteiger partial charge in [-0.25, -0.2) is 9.38 Å². The first-order valence-electron chi connectivity index (χ1n) is 10.1. The summed E-state index contributed by atoms with van der Waals surface area (Å²) in [5.41, 5.74) is 8.92. The van der Waals surface area contributed by atoms with E-state index in [9.17, 15) is 0 Å².